The Morgan fingerprint density at radius 3 is 2.57 bits per heavy atom. The summed E-state index contributed by atoms with van der Waals surface area (Å²) in [6, 6.07) is 12.8. The zero-order chi connectivity index (χ0) is 16.7. The number of carbonyl (C=O) groups is 2. The lowest BCUT2D eigenvalue weighted by Crippen LogP contribution is -2.06. The summed E-state index contributed by atoms with van der Waals surface area (Å²) >= 11 is 0. The molecule has 2 rings (SSSR count). The predicted molar refractivity (Wildman–Crippen MR) is 82.8 cm³/mol. The molecule has 0 aromatic heterocycles. The second-order valence-corrected chi connectivity index (χ2v) is 4.95. The first-order valence-electron chi connectivity index (χ1n) is 7.16. The second kappa shape index (κ2) is 8.08. The number of rotatable bonds is 7. The van der Waals surface area contributed by atoms with Crippen LogP contribution in [0.15, 0.2) is 48.5 Å². The minimum atomic E-state index is -0.420. The third kappa shape index (κ3) is 5.21. The van der Waals surface area contributed by atoms with E-state index < -0.39 is 5.97 Å². The number of hydrogen-bond acceptors (Lipinski definition) is 4. The SMILES string of the molecule is COC(=O)CCC(=O)c1cccc(OCc2cccc(F)c2)c1. The molecule has 23 heavy (non-hydrogen) atoms. The van der Waals surface area contributed by atoms with Crippen LogP contribution >= 0.6 is 0 Å². The smallest absolute Gasteiger partial charge is 0.305 e. The van der Waals surface area contributed by atoms with Crippen molar-refractivity contribution in [1.29, 1.82) is 0 Å². The summed E-state index contributed by atoms with van der Waals surface area (Å²) in [5.74, 6) is -0.389. The number of Topliss-reactive ketones (excluding diaryl/α,β-unsaturated/α-hetero) is 1. The van der Waals surface area contributed by atoms with Crippen molar-refractivity contribution in [2.45, 2.75) is 19.4 Å². The van der Waals surface area contributed by atoms with Crippen molar-refractivity contribution >= 4 is 11.8 Å². The number of hydrogen-bond donors (Lipinski definition) is 0. The predicted octanol–water partition coefficient (Wildman–Crippen LogP) is 3.54. The molecule has 2 aromatic carbocycles. The highest BCUT2D eigenvalue weighted by atomic mass is 19.1. The fourth-order valence-electron chi connectivity index (χ4n) is 2.01. The van der Waals surface area contributed by atoms with E-state index in [0.29, 0.717) is 16.9 Å². The van der Waals surface area contributed by atoms with Gasteiger partial charge in [0.2, 0.25) is 0 Å². The number of carbonyl (C=O) groups excluding carboxylic acids is 2. The van der Waals surface area contributed by atoms with Crippen LogP contribution in [-0.4, -0.2) is 18.9 Å². The Bertz CT molecular complexity index is 697. The highest BCUT2D eigenvalue weighted by Crippen LogP contribution is 2.17. The van der Waals surface area contributed by atoms with Gasteiger partial charge in [0.05, 0.1) is 13.5 Å². The molecule has 0 atom stereocenters. The number of methoxy groups -OCH3 is 1. The molecule has 120 valence electrons. The van der Waals surface area contributed by atoms with Crippen LogP contribution in [0.4, 0.5) is 4.39 Å². The summed E-state index contributed by atoms with van der Waals surface area (Å²) in [5.41, 5.74) is 1.16. The lowest BCUT2D eigenvalue weighted by molar-refractivity contribution is -0.140. The van der Waals surface area contributed by atoms with Gasteiger partial charge in [0.25, 0.3) is 0 Å². The van der Waals surface area contributed by atoms with Crippen LogP contribution in [-0.2, 0) is 16.1 Å². The molecule has 0 fully saturated rings. The van der Waals surface area contributed by atoms with Gasteiger partial charge in [0.1, 0.15) is 18.2 Å². The number of esters is 1. The molecule has 0 aliphatic heterocycles. The monoisotopic (exact) mass is 316 g/mol. The summed E-state index contributed by atoms with van der Waals surface area (Å²) in [7, 11) is 1.29. The lowest BCUT2D eigenvalue weighted by atomic mass is 10.1. The molecule has 0 saturated heterocycles. The van der Waals surface area contributed by atoms with Gasteiger partial charge in [-0.3, -0.25) is 9.59 Å². The van der Waals surface area contributed by atoms with Crippen molar-refractivity contribution in [1.82, 2.24) is 0 Å². The first-order valence-corrected chi connectivity index (χ1v) is 7.16. The van der Waals surface area contributed by atoms with Crippen molar-refractivity contribution < 1.29 is 23.5 Å². The largest absolute Gasteiger partial charge is 0.489 e. The second-order valence-electron chi connectivity index (χ2n) is 4.95. The van der Waals surface area contributed by atoms with Crippen molar-refractivity contribution in [3.05, 3.63) is 65.5 Å². The van der Waals surface area contributed by atoms with E-state index in [2.05, 4.69) is 4.74 Å². The maximum absolute atomic E-state index is 13.1. The molecule has 0 amide bonds. The molecule has 0 N–H and O–H groups in total. The summed E-state index contributed by atoms with van der Waals surface area (Å²) in [6.45, 7) is 0.206. The van der Waals surface area contributed by atoms with Crippen LogP contribution in [0.2, 0.25) is 0 Å². The van der Waals surface area contributed by atoms with E-state index in [4.69, 9.17) is 4.74 Å². The molecule has 0 spiro atoms. The van der Waals surface area contributed by atoms with Gasteiger partial charge in [-0.15, -0.1) is 0 Å². The Morgan fingerprint density at radius 2 is 1.83 bits per heavy atom. The summed E-state index contributed by atoms with van der Waals surface area (Å²) in [4.78, 5) is 23.1. The number of halogens is 1. The number of ether oxygens (including phenoxy) is 2. The van der Waals surface area contributed by atoms with Gasteiger partial charge in [-0.25, -0.2) is 4.39 Å². The molecular formula is C18H17FO4. The Balaban J connectivity index is 1.96. The van der Waals surface area contributed by atoms with Crippen LogP contribution in [0.5, 0.6) is 5.75 Å². The molecule has 0 unspecified atom stereocenters. The first-order chi connectivity index (χ1) is 11.1. The third-order valence-electron chi connectivity index (χ3n) is 3.23. The molecule has 4 nitrogen and oxygen atoms in total. The van der Waals surface area contributed by atoms with E-state index in [1.54, 1.807) is 36.4 Å². The molecule has 0 aliphatic carbocycles. The highest BCUT2D eigenvalue weighted by Gasteiger charge is 2.10. The standard InChI is InChI=1S/C18H17FO4/c1-22-18(21)9-8-17(20)14-5-3-7-16(11-14)23-12-13-4-2-6-15(19)10-13/h2-7,10-11H,8-9,12H2,1H3. The number of benzene rings is 2. The van der Waals surface area contributed by atoms with Gasteiger partial charge in [-0.05, 0) is 29.8 Å². The van der Waals surface area contributed by atoms with E-state index in [-0.39, 0.29) is 31.0 Å². The normalized spacial score (nSPS) is 10.2. The Morgan fingerprint density at radius 1 is 1.04 bits per heavy atom. The Labute approximate surface area is 133 Å². The van der Waals surface area contributed by atoms with Gasteiger partial charge in [0.15, 0.2) is 5.78 Å². The summed E-state index contributed by atoms with van der Waals surface area (Å²) < 4.78 is 23.2. The van der Waals surface area contributed by atoms with Gasteiger partial charge in [-0.2, -0.15) is 0 Å². The Hall–Kier alpha value is -2.69. The van der Waals surface area contributed by atoms with Gasteiger partial charge >= 0.3 is 5.97 Å². The van der Waals surface area contributed by atoms with Crippen LogP contribution < -0.4 is 4.74 Å². The quantitative estimate of drug-likeness (QED) is 0.579. The van der Waals surface area contributed by atoms with E-state index >= 15 is 0 Å². The van der Waals surface area contributed by atoms with Crippen molar-refractivity contribution in [3.63, 3.8) is 0 Å². The zero-order valence-electron chi connectivity index (χ0n) is 12.8. The van der Waals surface area contributed by atoms with E-state index in [0.717, 1.165) is 0 Å². The average molecular weight is 316 g/mol. The summed E-state index contributed by atoms with van der Waals surface area (Å²) in [6.07, 6.45) is 0.129. The molecule has 0 aliphatic rings. The van der Waals surface area contributed by atoms with Crippen LogP contribution in [0.1, 0.15) is 28.8 Å². The maximum Gasteiger partial charge on any atom is 0.305 e. The Kier molecular flexibility index (Phi) is 5.86. The van der Waals surface area contributed by atoms with Gasteiger partial charge in [-0.1, -0.05) is 24.3 Å². The molecule has 0 heterocycles. The highest BCUT2D eigenvalue weighted by molar-refractivity contribution is 5.97. The minimum Gasteiger partial charge on any atom is -0.489 e. The van der Waals surface area contributed by atoms with Crippen molar-refractivity contribution in [2.75, 3.05) is 7.11 Å². The summed E-state index contributed by atoms with van der Waals surface area (Å²) in [5, 5.41) is 0. The molecule has 0 bridgehead atoms. The molecule has 5 heteroatoms. The lowest BCUT2D eigenvalue weighted by Gasteiger charge is -2.08. The molecule has 0 saturated carbocycles. The van der Waals surface area contributed by atoms with Gasteiger partial charge < -0.3 is 9.47 Å². The maximum atomic E-state index is 13.1. The van der Waals surface area contributed by atoms with E-state index in [1.165, 1.54) is 19.2 Å². The van der Waals surface area contributed by atoms with Crippen LogP contribution in [0.3, 0.4) is 0 Å². The minimum absolute atomic E-state index is 0.0453. The average Bonchev–Trinajstić information content (AvgIpc) is 2.58. The van der Waals surface area contributed by atoms with Crippen molar-refractivity contribution in [3.8, 4) is 5.75 Å². The number of ketones is 1. The molecule has 0 radical (unpaired) electrons. The fourth-order valence-corrected chi connectivity index (χ4v) is 2.01. The fraction of sp³-hybridized carbons (Fsp3) is 0.222. The molecular weight excluding hydrogens is 299 g/mol. The topological polar surface area (TPSA) is 52.6 Å². The molecule has 2 aromatic rings. The van der Waals surface area contributed by atoms with Crippen LogP contribution in [0.25, 0.3) is 0 Å². The third-order valence-corrected chi connectivity index (χ3v) is 3.23. The van der Waals surface area contributed by atoms with E-state index in [1.807, 2.05) is 0 Å². The van der Waals surface area contributed by atoms with Crippen LogP contribution in [0, 0.1) is 5.82 Å². The first kappa shape index (κ1) is 16.7. The van der Waals surface area contributed by atoms with Crippen molar-refractivity contribution in [2.24, 2.45) is 0 Å². The zero-order valence-corrected chi connectivity index (χ0v) is 12.8. The van der Waals surface area contributed by atoms with Gasteiger partial charge in [0, 0.05) is 12.0 Å². The van der Waals surface area contributed by atoms with E-state index in [9.17, 15) is 14.0 Å².